The molecule has 0 bridgehead atoms. The average Bonchev–Trinajstić information content (AvgIpc) is 3.34. The summed E-state index contributed by atoms with van der Waals surface area (Å²) in [6, 6.07) is 16.5. The van der Waals surface area contributed by atoms with E-state index in [1.807, 2.05) is 46.6 Å². The average molecular weight is 412 g/mol. The number of hydrogen-bond donors (Lipinski definition) is 1. The first-order valence-corrected chi connectivity index (χ1v) is 10.3. The molecule has 1 unspecified atom stereocenters. The Labute approximate surface area is 176 Å². The van der Waals surface area contributed by atoms with Crippen molar-refractivity contribution in [3.05, 3.63) is 58.9 Å². The number of aromatic nitrogens is 3. The highest BCUT2D eigenvalue weighted by Gasteiger charge is 2.33. The summed E-state index contributed by atoms with van der Waals surface area (Å²) >= 11 is 5.70. The van der Waals surface area contributed by atoms with Crippen molar-refractivity contribution >= 4 is 12.2 Å². The topological polar surface area (TPSA) is 45.6 Å². The highest BCUT2D eigenvalue weighted by atomic mass is 32.1. The van der Waals surface area contributed by atoms with Crippen molar-refractivity contribution in [1.82, 2.24) is 14.3 Å². The zero-order valence-corrected chi connectivity index (χ0v) is 17.9. The van der Waals surface area contributed by atoms with Crippen molar-refractivity contribution in [3.8, 4) is 22.9 Å². The summed E-state index contributed by atoms with van der Waals surface area (Å²) in [5.41, 5.74) is 2.26. The van der Waals surface area contributed by atoms with E-state index in [-0.39, 0.29) is 0 Å². The predicted molar refractivity (Wildman–Crippen MR) is 115 cm³/mol. The second-order valence-electron chi connectivity index (χ2n) is 7.40. The number of nitrogens with one attached hydrogen (secondary N) is 1. The van der Waals surface area contributed by atoms with Gasteiger partial charge in [-0.3, -0.25) is 0 Å². The minimum atomic E-state index is 0.323. The fourth-order valence-electron chi connectivity index (χ4n) is 4.21. The standard InChI is InChI=1S/C22H26N4O2S/c1-24-21(16-8-5-4-6-9-16)23-26(22(24)29)15-25-13-7-10-19(25)18-14-17(27-2)11-12-20(18)28-3/h4-6,8-9,11-12,14,19H,7,10,13,15H2,1-3H3/p+1/t19-/m0/s1. The number of methoxy groups -OCH3 is 2. The number of nitrogens with zero attached hydrogens (tertiary/aromatic N) is 3. The van der Waals surface area contributed by atoms with Crippen LogP contribution in [0.25, 0.3) is 11.4 Å². The van der Waals surface area contributed by atoms with E-state index >= 15 is 0 Å². The second-order valence-corrected chi connectivity index (χ2v) is 7.76. The molecule has 0 amide bonds. The molecule has 1 aliphatic heterocycles. The SMILES string of the molecule is COc1ccc(OC)c([C@@H]2CCC[NH+]2Cn2nc(-c3ccccc3)n(C)c2=S)c1. The number of likely N-dealkylation sites (tertiary alicyclic amines) is 1. The van der Waals surface area contributed by atoms with Crippen molar-refractivity contribution in [2.24, 2.45) is 7.05 Å². The Morgan fingerprint density at radius 3 is 2.66 bits per heavy atom. The Morgan fingerprint density at radius 1 is 1.14 bits per heavy atom. The van der Waals surface area contributed by atoms with E-state index in [1.165, 1.54) is 10.5 Å². The Kier molecular flexibility index (Phi) is 5.69. The fraction of sp³-hybridized carbons (Fsp3) is 0.364. The van der Waals surface area contributed by atoms with Crippen molar-refractivity contribution in [3.63, 3.8) is 0 Å². The molecule has 2 heterocycles. The van der Waals surface area contributed by atoms with Gasteiger partial charge in [0.1, 0.15) is 17.5 Å². The van der Waals surface area contributed by atoms with Crippen LogP contribution in [0.3, 0.4) is 0 Å². The van der Waals surface area contributed by atoms with E-state index in [9.17, 15) is 0 Å². The molecule has 1 aliphatic rings. The van der Waals surface area contributed by atoms with Crippen LogP contribution in [-0.4, -0.2) is 35.1 Å². The minimum absolute atomic E-state index is 0.323. The molecule has 1 N–H and O–H groups in total. The molecular formula is C22H27N4O2S+. The van der Waals surface area contributed by atoms with Gasteiger partial charge in [-0.2, -0.15) is 4.68 Å². The van der Waals surface area contributed by atoms with Crippen LogP contribution in [0.4, 0.5) is 0 Å². The van der Waals surface area contributed by atoms with Gasteiger partial charge in [-0.05, 0) is 30.4 Å². The van der Waals surface area contributed by atoms with Crippen LogP contribution in [0.1, 0.15) is 24.4 Å². The molecule has 0 radical (unpaired) electrons. The molecule has 29 heavy (non-hydrogen) atoms. The first-order chi connectivity index (χ1) is 14.1. The molecule has 1 fully saturated rings. The first kappa shape index (κ1) is 19.7. The van der Waals surface area contributed by atoms with Crippen LogP contribution < -0.4 is 14.4 Å². The molecule has 1 saturated heterocycles. The summed E-state index contributed by atoms with van der Waals surface area (Å²) in [4.78, 5) is 1.44. The lowest BCUT2D eigenvalue weighted by atomic mass is 10.0. The van der Waals surface area contributed by atoms with Crippen LogP contribution in [0.15, 0.2) is 48.5 Å². The van der Waals surface area contributed by atoms with Crippen LogP contribution in [0, 0.1) is 4.77 Å². The zero-order chi connectivity index (χ0) is 20.4. The lowest BCUT2D eigenvalue weighted by molar-refractivity contribution is -0.941. The van der Waals surface area contributed by atoms with Gasteiger partial charge in [-0.1, -0.05) is 30.3 Å². The van der Waals surface area contributed by atoms with E-state index in [4.69, 9.17) is 26.8 Å². The summed E-state index contributed by atoms with van der Waals surface area (Å²) in [6.07, 6.45) is 2.26. The van der Waals surface area contributed by atoms with E-state index in [2.05, 4.69) is 18.2 Å². The summed E-state index contributed by atoms with van der Waals surface area (Å²) in [5, 5.41) is 4.85. The molecule has 152 valence electrons. The molecule has 2 atom stereocenters. The van der Waals surface area contributed by atoms with Gasteiger partial charge in [0.25, 0.3) is 0 Å². The van der Waals surface area contributed by atoms with Crippen molar-refractivity contribution in [1.29, 1.82) is 0 Å². The van der Waals surface area contributed by atoms with Crippen molar-refractivity contribution < 1.29 is 14.4 Å². The number of hydrogen-bond acceptors (Lipinski definition) is 4. The Balaban J connectivity index is 1.64. The predicted octanol–water partition coefficient (Wildman–Crippen LogP) is 3.01. The molecular weight excluding hydrogens is 384 g/mol. The Morgan fingerprint density at radius 2 is 1.93 bits per heavy atom. The van der Waals surface area contributed by atoms with Gasteiger partial charge in [0.05, 0.1) is 26.3 Å². The summed E-state index contributed by atoms with van der Waals surface area (Å²) < 4.78 is 15.8. The van der Waals surface area contributed by atoms with Gasteiger partial charge in [0, 0.05) is 25.5 Å². The van der Waals surface area contributed by atoms with E-state index in [0.29, 0.717) is 6.04 Å². The number of rotatable bonds is 6. The van der Waals surface area contributed by atoms with Gasteiger partial charge in [-0.25, -0.2) is 0 Å². The molecule has 2 aromatic carbocycles. The maximum Gasteiger partial charge on any atom is 0.202 e. The smallest absolute Gasteiger partial charge is 0.202 e. The highest BCUT2D eigenvalue weighted by molar-refractivity contribution is 7.71. The normalized spacial score (nSPS) is 18.7. The van der Waals surface area contributed by atoms with Crippen LogP contribution >= 0.6 is 12.2 Å². The van der Waals surface area contributed by atoms with Crippen molar-refractivity contribution in [2.45, 2.75) is 25.6 Å². The largest absolute Gasteiger partial charge is 0.497 e. The second kappa shape index (κ2) is 8.39. The van der Waals surface area contributed by atoms with Crippen LogP contribution in [0.2, 0.25) is 0 Å². The number of quaternary nitrogens is 1. The third-order valence-electron chi connectivity index (χ3n) is 5.72. The Hall–Kier alpha value is -2.64. The molecule has 0 saturated carbocycles. The summed E-state index contributed by atoms with van der Waals surface area (Å²) in [7, 11) is 5.40. The minimum Gasteiger partial charge on any atom is -0.497 e. The van der Waals surface area contributed by atoms with E-state index in [0.717, 1.165) is 53.7 Å². The molecule has 6 nitrogen and oxygen atoms in total. The van der Waals surface area contributed by atoms with Gasteiger partial charge in [0.2, 0.25) is 4.77 Å². The molecule has 0 spiro atoms. The third-order valence-corrected chi connectivity index (χ3v) is 6.21. The van der Waals surface area contributed by atoms with Gasteiger partial charge in [0.15, 0.2) is 12.5 Å². The molecule has 0 aliphatic carbocycles. The number of ether oxygens (including phenoxy) is 2. The van der Waals surface area contributed by atoms with Crippen LogP contribution in [-0.2, 0) is 13.7 Å². The zero-order valence-electron chi connectivity index (χ0n) is 17.1. The lowest BCUT2D eigenvalue weighted by Gasteiger charge is -2.23. The fourth-order valence-corrected chi connectivity index (χ4v) is 4.40. The van der Waals surface area contributed by atoms with Crippen LogP contribution in [0.5, 0.6) is 11.5 Å². The molecule has 4 rings (SSSR count). The molecule has 3 aromatic rings. The maximum atomic E-state index is 5.70. The van der Waals surface area contributed by atoms with E-state index < -0.39 is 0 Å². The quantitative estimate of drug-likeness (QED) is 0.634. The van der Waals surface area contributed by atoms with Gasteiger partial charge in [-0.15, -0.1) is 5.10 Å². The first-order valence-electron chi connectivity index (χ1n) is 9.88. The van der Waals surface area contributed by atoms with Gasteiger partial charge < -0.3 is 18.9 Å². The maximum absolute atomic E-state index is 5.70. The third kappa shape index (κ3) is 3.80. The molecule has 1 aromatic heterocycles. The lowest BCUT2D eigenvalue weighted by Crippen LogP contribution is -3.09. The molecule has 7 heteroatoms. The van der Waals surface area contributed by atoms with E-state index in [1.54, 1.807) is 14.2 Å². The summed E-state index contributed by atoms with van der Waals surface area (Å²) in [5.74, 6) is 2.65. The highest BCUT2D eigenvalue weighted by Crippen LogP contribution is 2.31. The van der Waals surface area contributed by atoms with Gasteiger partial charge >= 0.3 is 0 Å². The summed E-state index contributed by atoms with van der Waals surface area (Å²) in [6.45, 7) is 1.80. The van der Waals surface area contributed by atoms with Crippen molar-refractivity contribution in [2.75, 3.05) is 20.8 Å². The number of benzene rings is 2. The monoisotopic (exact) mass is 411 g/mol. The Bertz CT molecular complexity index is 1040.